The fourth-order valence-corrected chi connectivity index (χ4v) is 2.54. The highest BCUT2D eigenvalue weighted by molar-refractivity contribution is 4.66. The molecule has 0 aromatic rings. The lowest BCUT2D eigenvalue weighted by molar-refractivity contribution is 0.426. The van der Waals surface area contributed by atoms with Gasteiger partial charge in [0, 0.05) is 6.04 Å². The molecule has 0 fully saturated rings. The Kier molecular flexibility index (Phi) is 15.0. The highest BCUT2D eigenvalue weighted by atomic mass is 14.9. The Morgan fingerprint density at radius 3 is 1.83 bits per heavy atom. The summed E-state index contributed by atoms with van der Waals surface area (Å²) >= 11 is 0. The lowest BCUT2D eigenvalue weighted by Gasteiger charge is -2.17. The quantitative estimate of drug-likeness (QED) is 0.393. The summed E-state index contributed by atoms with van der Waals surface area (Å²) in [5.74, 6) is 0. The molecule has 0 bridgehead atoms. The van der Waals surface area contributed by atoms with E-state index in [1.807, 2.05) is 0 Å². The van der Waals surface area contributed by atoms with Crippen molar-refractivity contribution in [3.8, 4) is 0 Å². The Hall–Kier alpha value is -0.0400. The highest BCUT2D eigenvalue weighted by Crippen LogP contribution is 2.09. The molecule has 0 saturated carbocycles. The molecule has 0 rings (SSSR count). The van der Waals surface area contributed by atoms with Crippen LogP contribution in [0.4, 0.5) is 0 Å². The summed E-state index contributed by atoms with van der Waals surface area (Å²) in [5, 5.41) is 3.76. The summed E-state index contributed by atoms with van der Waals surface area (Å²) in [4.78, 5) is 0. The summed E-state index contributed by atoms with van der Waals surface area (Å²) in [5.41, 5.74) is 0. The van der Waals surface area contributed by atoms with E-state index in [0.717, 1.165) is 6.04 Å². The van der Waals surface area contributed by atoms with Crippen LogP contribution in [0.3, 0.4) is 0 Å². The largest absolute Gasteiger partial charge is 0.314 e. The van der Waals surface area contributed by atoms with Gasteiger partial charge in [-0.1, -0.05) is 78.6 Å². The SMILES string of the molecule is CCCCCCCCCNC(CCC)CCCC. The second-order valence-corrected chi connectivity index (χ2v) is 5.70. The topological polar surface area (TPSA) is 12.0 Å². The molecule has 1 heteroatoms. The maximum atomic E-state index is 3.76. The molecule has 0 saturated heterocycles. The van der Waals surface area contributed by atoms with E-state index in [1.54, 1.807) is 0 Å². The van der Waals surface area contributed by atoms with Gasteiger partial charge in [0.05, 0.1) is 0 Å². The van der Waals surface area contributed by atoms with Crippen molar-refractivity contribution in [1.82, 2.24) is 5.32 Å². The van der Waals surface area contributed by atoms with E-state index >= 15 is 0 Å². The van der Waals surface area contributed by atoms with Gasteiger partial charge in [-0.25, -0.2) is 0 Å². The first-order valence-electron chi connectivity index (χ1n) is 8.58. The first kappa shape index (κ1) is 18.0. The molecular weight excluding hydrogens is 218 g/mol. The minimum Gasteiger partial charge on any atom is -0.314 e. The van der Waals surface area contributed by atoms with Crippen LogP contribution in [0.25, 0.3) is 0 Å². The minimum atomic E-state index is 0.787. The number of rotatable bonds is 14. The molecule has 18 heavy (non-hydrogen) atoms. The molecule has 1 N–H and O–H groups in total. The van der Waals surface area contributed by atoms with E-state index in [-0.39, 0.29) is 0 Å². The van der Waals surface area contributed by atoms with Crippen molar-refractivity contribution in [2.75, 3.05) is 6.54 Å². The average molecular weight is 255 g/mol. The lowest BCUT2D eigenvalue weighted by atomic mass is 10.0. The van der Waals surface area contributed by atoms with Crippen molar-refractivity contribution in [1.29, 1.82) is 0 Å². The smallest absolute Gasteiger partial charge is 0.00669 e. The fraction of sp³-hybridized carbons (Fsp3) is 1.00. The molecule has 0 aliphatic heterocycles. The number of hydrogen-bond donors (Lipinski definition) is 1. The van der Waals surface area contributed by atoms with Crippen LogP contribution < -0.4 is 5.32 Å². The van der Waals surface area contributed by atoms with Gasteiger partial charge in [0.15, 0.2) is 0 Å². The van der Waals surface area contributed by atoms with Gasteiger partial charge in [-0.3, -0.25) is 0 Å². The summed E-state index contributed by atoms with van der Waals surface area (Å²) in [6.07, 6.45) is 16.7. The minimum absolute atomic E-state index is 0.787. The molecule has 0 aliphatic rings. The monoisotopic (exact) mass is 255 g/mol. The van der Waals surface area contributed by atoms with Gasteiger partial charge >= 0.3 is 0 Å². The van der Waals surface area contributed by atoms with E-state index in [9.17, 15) is 0 Å². The third-order valence-electron chi connectivity index (χ3n) is 3.76. The molecule has 0 heterocycles. The summed E-state index contributed by atoms with van der Waals surface area (Å²) < 4.78 is 0. The number of hydrogen-bond acceptors (Lipinski definition) is 1. The Balaban J connectivity index is 3.31. The number of nitrogens with one attached hydrogen (secondary N) is 1. The average Bonchev–Trinajstić information content (AvgIpc) is 2.39. The van der Waals surface area contributed by atoms with E-state index in [0.29, 0.717) is 0 Å². The first-order chi connectivity index (χ1) is 8.85. The summed E-state index contributed by atoms with van der Waals surface area (Å²) in [7, 11) is 0. The predicted octanol–water partition coefficient (Wildman–Crippen LogP) is 5.69. The van der Waals surface area contributed by atoms with Gasteiger partial charge in [0.1, 0.15) is 0 Å². The van der Waals surface area contributed by atoms with E-state index in [1.165, 1.54) is 83.6 Å². The molecule has 0 radical (unpaired) electrons. The molecule has 0 spiro atoms. The zero-order valence-corrected chi connectivity index (χ0v) is 13.3. The van der Waals surface area contributed by atoms with E-state index in [4.69, 9.17) is 0 Å². The predicted molar refractivity (Wildman–Crippen MR) is 84.2 cm³/mol. The summed E-state index contributed by atoms with van der Waals surface area (Å²) in [6.45, 7) is 8.11. The lowest BCUT2D eigenvalue weighted by Crippen LogP contribution is -2.29. The molecule has 0 amide bonds. The second kappa shape index (κ2) is 15.0. The van der Waals surface area contributed by atoms with Gasteiger partial charge in [-0.2, -0.15) is 0 Å². The van der Waals surface area contributed by atoms with E-state index in [2.05, 4.69) is 26.1 Å². The molecular formula is C17H37N. The zero-order valence-electron chi connectivity index (χ0n) is 13.3. The molecule has 0 aromatic carbocycles. The van der Waals surface area contributed by atoms with Crippen molar-refractivity contribution in [3.63, 3.8) is 0 Å². The van der Waals surface area contributed by atoms with Crippen LogP contribution in [0.15, 0.2) is 0 Å². The fourth-order valence-electron chi connectivity index (χ4n) is 2.54. The highest BCUT2D eigenvalue weighted by Gasteiger charge is 2.05. The van der Waals surface area contributed by atoms with Crippen LogP contribution >= 0.6 is 0 Å². The van der Waals surface area contributed by atoms with Gasteiger partial charge in [0.2, 0.25) is 0 Å². The Morgan fingerprint density at radius 1 is 0.611 bits per heavy atom. The molecule has 0 aromatic heterocycles. The maximum absolute atomic E-state index is 3.76. The van der Waals surface area contributed by atoms with E-state index < -0.39 is 0 Å². The van der Waals surface area contributed by atoms with Crippen molar-refractivity contribution < 1.29 is 0 Å². The third-order valence-corrected chi connectivity index (χ3v) is 3.76. The van der Waals surface area contributed by atoms with Crippen LogP contribution in [-0.2, 0) is 0 Å². The Bertz CT molecular complexity index is 145. The summed E-state index contributed by atoms with van der Waals surface area (Å²) in [6, 6.07) is 0.787. The van der Waals surface area contributed by atoms with Crippen molar-refractivity contribution in [2.24, 2.45) is 0 Å². The van der Waals surface area contributed by atoms with Crippen molar-refractivity contribution in [2.45, 2.75) is 104 Å². The van der Waals surface area contributed by atoms with Crippen LogP contribution in [-0.4, -0.2) is 12.6 Å². The third kappa shape index (κ3) is 12.4. The van der Waals surface area contributed by atoms with Gasteiger partial charge < -0.3 is 5.32 Å². The molecule has 1 nitrogen and oxygen atoms in total. The standard InChI is InChI=1S/C17H37N/c1-4-7-9-10-11-12-13-16-18-17(14-6-3)15-8-5-2/h17-18H,4-16H2,1-3H3. The van der Waals surface area contributed by atoms with Gasteiger partial charge in [-0.15, -0.1) is 0 Å². The van der Waals surface area contributed by atoms with Crippen LogP contribution in [0.5, 0.6) is 0 Å². The Morgan fingerprint density at radius 2 is 1.22 bits per heavy atom. The maximum Gasteiger partial charge on any atom is 0.00669 e. The van der Waals surface area contributed by atoms with Crippen LogP contribution in [0, 0.1) is 0 Å². The van der Waals surface area contributed by atoms with Crippen LogP contribution in [0.2, 0.25) is 0 Å². The Labute approximate surface area is 116 Å². The zero-order chi connectivity index (χ0) is 13.5. The van der Waals surface area contributed by atoms with Crippen molar-refractivity contribution >= 4 is 0 Å². The second-order valence-electron chi connectivity index (χ2n) is 5.70. The van der Waals surface area contributed by atoms with Crippen LogP contribution in [0.1, 0.15) is 97.8 Å². The molecule has 110 valence electrons. The normalized spacial score (nSPS) is 12.8. The molecule has 0 aliphatic carbocycles. The van der Waals surface area contributed by atoms with Gasteiger partial charge in [-0.05, 0) is 25.8 Å². The first-order valence-corrected chi connectivity index (χ1v) is 8.58. The molecule has 1 unspecified atom stereocenters. The molecule has 1 atom stereocenters. The van der Waals surface area contributed by atoms with Crippen molar-refractivity contribution in [3.05, 3.63) is 0 Å². The number of unbranched alkanes of at least 4 members (excludes halogenated alkanes) is 7. The van der Waals surface area contributed by atoms with Gasteiger partial charge in [0.25, 0.3) is 0 Å².